The summed E-state index contributed by atoms with van der Waals surface area (Å²) < 4.78 is 5.65. The molecule has 0 heterocycles. The second-order valence-corrected chi connectivity index (χ2v) is 8.01. The van der Waals surface area contributed by atoms with Gasteiger partial charge in [-0.05, 0) is 49.7 Å². The Morgan fingerprint density at radius 3 is 2.32 bits per heavy atom. The van der Waals surface area contributed by atoms with Crippen LogP contribution in [0.15, 0.2) is 30.3 Å². The van der Waals surface area contributed by atoms with Crippen molar-refractivity contribution in [3.05, 3.63) is 41.5 Å². The van der Waals surface area contributed by atoms with E-state index in [1.54, 1.807) is 0 Å². The Morgan fingerprint density at radius 1 is 0.893 bits per heavy atom. The van der Waals surface area contributed by atoms with E-state index < -0.39 is 0 Å². The van der Waals surface area contributed by atoms with Crippen molar-refractivity contribution in [3.8, 4) is 0 Å². The molecule has 0 aromatic heterocycles. The third-order valence-corrected chi connectivity index (χ3v) is 5.47. The van der Waals surface area contributed by atoms with Crippen LogP contribution in [-0.2, 0) is 11.2 Å². The van der Waals surface area contributed by atoms with Crippen LogP contribution in [0.4, 0.5) is 0 Å². The van der Waals surface area contributed by atoms with Crippen LogP contribution in [0.25, 0.3) is 6.08 Å². The first-order valence-corrected chi connectivity index (χ1v) is 11.7. The first-order chi connectivity index (χ1) is 13.8. The molecule has 28 heavy (non-hydrogen) atoms. The monoisotopic (exact) mass is 388 g/mol. The predicted octanol–water partition coefficient (Wildman–Crippen LogP) is 7.20. The molecular weight excluding hydrogens is 344 g/mol. The summed E-state index contributed by atoms with van der Waals surface area (Å²) in [5.74, 6) is 0.739. The zero-order valence-corrected chi connectivity index (χ0v) is 18.5. The molecule has 0 fully saturated rings. The molecule has 0 saturated carbocycles. The molecule has 0 aliphatic carbocycles. The Hall–Kier alpha value is -1.12. The van der Waals surface area contributed by atoms with E-state index in [0.29, 0.717) is 6.61 Å². The molecule has 0 saturated heterocycles. The first kappa shape index (κ1) is 24.9. The average molecular weight is 389 g/mol. The van der Waals surface area contributed by atoms with Crippen molar-refractivity contribution >= 4 is 6.08 Å². The molecule has 160 valence electrons. The summed E-state index contributed by atoms with van der Waals surface area (Å²) >= 11 is 0. The molecule has 0 radical (unpaired) electrons. The maximum atomic E-state index is 8.85. The molecule has 2 nitrogen and oxygen atoms in total. The van der Waals surface area contributed by atoms with Crippen molar-refractivity contribution in [1.29, 1.82) is 0 Å². The molecule has 2 heteroatoms. The van der Waals surface area contributed by atoms with E-state index in [9.17, 15) is 0 Å². The quantitative estimate of drug-likeness (QED) is 0.269. The largest absolute Gasteiger partial charge is 0.396 e. The van der Waals surface area contributed by atoms with Crippen LogP contribution in [0.5, 0.6) is 0 Å². The number of benzene rings is 1. The van der Waals surface area contributed by atoms with Crippen LogP contribution >= 0.6 is 0 Å². The molecule has 0 amide bonds. The molecule has 0 aliphatic heterocycles. The Bertz CT molecular complexity index is 495. The highest BCUT2D eigenvalue weighted by molar-refractivity contribution is 5.53. The molecule has 1 N–H and O–H groups in total. The number of unbranched alkanes of at least 4 members (excludes halogenated alkanes) is 6. The summed E-state index contributed by atoms with van der Waals surface area (Å²) in [5.41, 5.74) is 2.85. The van der Waals surface area contributed by atoms with Crippen LogP contribution in [0.2, 0.25) is 0 Å². The van der Waals surface area contributed by atoms with Gasteiger partial charge in [-0.25, -0.2) is 0 Å². The van der Waals surface area contributed by atoms with Crippen LogP contribution in [-0.4, -0.2) is 24.9 Å². The lowest BCUT2D eigenvalue weighted by atomic mass is 9.88. The molecule has 0 bridgehead atoms. The van der Waals surface area contributed by atoms with Crippen molar-refractivity contribution in [3.63, 3.8) is 0 Å². The van der Waals surface area contributed by atoms with Gasteiger partial charge in [-0.15, -0.1) is 0 Å². The van der Waals surface area contributed by atoms with E-state index in [4.69, 9.17) is 9.84 Å². The van der Waals surface area contributed by atoms with E-state index in [1.165, 1.54) is 75.3 Å². The van der Waals surface area contributed by atoms with Crippen molar-refractivity contribution in [2.75, 3.05) is 19.8 Å². The number of ether oxygens (including phenoxy) is 1. The van der Waals surface area contributed by atoms with Crippen LogP contribution in [0, 0.1) is 5.92 Å². The molecule has 1 aromatic carbocycles. The highest BCUT2D eigenvalue weighted by Gasteiger charge is 2.11. The van der Waals surface area contributed by atoms with Gasteiger partial charge in [0.05, 0.1) is 0 Å². The van der Waals surface area contributed by atoms with E-state index in [0.717, 1.165) is 25.4 Å². The minimum absolute atomic E-state index is 0.225. The lowest BCUT2D eigenvalue weighted by Gasteiger charge is -2.18. The maximum absolute atomic E-state index is 8.85. The van der Waals surface area contributed by atoms with E-state index in [1.807, 2.05) is 0 Å². The summed E-state index contributed by atoms with van der Waals surface area (Å²) in [6.07, 6.45) is 19.6. The fraction of sp³-hybridized carbons (Fsp3) is 0.692. The number of hydrogen-bond acceptors (Lipinski definition) is 2. The first-order valence-electron chi connectivity index (χ1n) is 11.7. The zero-order valence-electron chi connectivity index (χ0n) is 18.5. The zero-order chi connectivity index (χ0) is 20.3. The molecular formula is C26H44O2. The summed E-state index contributed by atoms with van der Waals surface area (Å²) in [5, 5.41) is 8.85. The van der Waals surface area contributed by atoms with Gasteiger partial charge in [0.2, 0.25) is 0 Å². The third-order valence-electron chi connectivity index (χ3n) is 5.47. The molecule has 1 rings (SSSR count). The van der Waals surface area contributed by atoms with Crippen LogP contribution in [0.1, 0.15) is 95.6 Å². The summed E-state index contributed by atoms with van der Waals surface area (Å²) in [6, 6.07) is 8.84. The van der Waals surface area contributed by atoms with Crippen molar-refractivity contribution in [1.82, 2.24) is 0 Å². The molecule has 1 aromatic rings. The fourth-order valence-electron chi connectivity index (χ4n) is 3.85. The van der Waals surface area contributed by atoms with Gasteiger partial charge in [0.15, 0.2) is 0 Å². The number of aliphatic hydroxyl groups is 1. The lowest BCUT2D eigenvalue weighted by molar-refractivity contribution is 0.109. The van der Waals surface area contributed by atoms with Crippen LogP contribution in [0.3, 0.4) is 0 Å². The van der Waals surface area contributed by atoms with E-state index in [-0.39, 0.29) is 6.61 Å². The number of aliphatic hydroxyl groups excluding tert-OH is 1. The Kier molecular flexibility index (Phi) is 16.0. The Balaban J connectivity index is 2.45. The van der Waals surface area contributed by atoms with Crippen LogP contribution < -0.4 is 0 Å². The fourth-order valence-corrected chi connectivity index (χ4v) is 3.85. The third kappa shape index (κ3) is 12.4. The number of allylic oxidation sites excluding steroid dienone is 1. The summed E-state index contributed by atoms with van der Waals surface area (Å²) in [7, 11) is 0. The van der Waals surface area contributed by atoms with Crippen molar-refractivity contribution in [2.45, 2.75) is 90.9 Å². The molecule has 1 unspecified atom stereocenters. The van der Waals surface area contributed by atoms with Crippen molar-refractivity contribution < 1.29 is 9.84 Å². The Morgan fingerprint density at radius 2 is 1.57 bits per heavy atom. The Labute approximate surface area is 174 Å². The average Bonchev–Trinajstić information content (AvgIpc) is 2.71. The molecule has 0 aliphatic rings. The lowest BCUT2D eigenvalue weighted by Crippen LogP contribution is -2.08. The minimum atomic E-state index is 0.225. The highest BCUT2D eigenvalue weighted by atomic mass is 16.5. The smallest absolute Gasteiger partial charge is 0.0487 e. The van der Waals surface area contributed by atoms with Crippen molar-refractivity contribution in [2.24, 2.45) is 5.92 Å². The van der Waals surface area contributed by atoms with Gasteiger partial charge in [-0.1, -0.05) is 94.7 Å². The summed E-state index contributed by atoms with van der Waals surface area (Å²) in [4.78, 5) is 0. The van der Waals surface area contributed by atoms with Gasteiger partial charge >= 0.3 is 0 Å². The van der Waals surface area contributed by atoms with Gasteiger partial charge < -0.3 is 9.84 Å². The highest BCUT2D eigenvalue weighted by Crippen LogP contribution is 2.24. The molecule has 0 spiro atoms. The summed E-state index contributed by atoms with van der Waals surface area (Å²) in [6.45, 7) is 6.11. The maximum Gasteiger partial charge on any atom is 0.0487 e. The second-order valence-electron chi connectivity index (χ2n) is 8.01. The van der Waals surface area contributed by atoms with Gasteiger partial charge in [0.25, 0.3) is 0 Å². The van der Waals surface area contributed by atoms with E-state index in [2.05, 4.69) is 50.3 Å². The van der Waals surface area contributed by atoms with Gasteiger partial charge in [-0.2, -0.15) is 0 Å². The minimum Gasteiger partial charge on any atom is -0.396 e. The normalized spacial score (nSPS) is 12.7. The van der Waals surface area contributed by atoms with Gasteiger partial charge in [0.1, 0.15) is 0 Å². The van der Waals surface area contributed by atoms with E-state index >= 15 is 0 Å². The topological polar surface area (TPSA) is 29.5 Å². The molecule has 1 atom stereocenters. The standard InChI is InChI=1S/C26H44O2/c1-3-5-6-7-8-9-10-16-24(17-13-21-28-22-14-20-27)23-26-19-12-11-18-25(26)15-4-2/h4,11-12,15,18-19,24,27H,3,5-10,13-14,16-17,20-23H2,1-2H3. The second kappa shape index (κ2) is 17.9. The predicted molar refractivity (Wildman–Crippen MR) is 123 cm³/mol. The van der Waals surface area contributed by atoms with Gasteiger partial charge in [-0.3, -0.25) is 0 Å². The number of rotatable bonds is 18. The number of hydrogen-bond donors (Lipinski definition) is 1. The van der Waals surface area contributed by atoms with Gasteiger partial charge in [0, 0.05) is 19.8 Å². The SMILES string of the molecule is CC=Cc1ccccc1CC(CCCCCCCCC)CCCOCCCO.